The van der Waals surface area contributed by atoms with Crippen molar-refractivity contribution in [3.63, 3.8) is 0 Å². The number of unbranched alkanes of at least 4 members (excludes halogenated alkanes) is 6. The fraction of sp³-hybridized carbons (Fsp3) is 0.471. The number of benzene rings is 2. The van der Waals surface area contributed by atoms with E-state index in [2.05, 4.69) is 40.9 Å². The molecule has 40 heavy (non-hydrogen) atoms. The summed E-state index contributed by atoms with van der Waals surface area (Å²) in [6.07, 6.45) is 13.3. The van der Waals surface area contributed by atoms with Crippen molar-refractivity contribution in [3.05, 3.63) is 70.4 Å². The molecule has 0 heterocycles. The molecule has 0 fully saturated rings. The lowest BCUT2D eigenvalue weighted by atomic mass is 9.98. The van der Waals surface area contributed by atoms with Crippen molar-refractivity contribution in [3.8, 4) is 23.0 Å². The summed E-state index contributed by atoms with van der Waals surface area (Å²) >= 11 is 0. The first-order valence-corrected chi connectivity index (χ1v) is 14.7. The molecule has 3 rings (SSSR count). The van der Waals surface area contributed by atoms with Crippen LogP contribution in [0, 0.1) is 20.9 Å². The lowest BCUT2D eigenvalue weighted by Crippen LogP contribution is -2.15. The Labute approximate surface area is 238 Å². The van der Waals surface area contributed by atoms with Crippen molar-refractivity contribution < 1.29 is 28.5 Å². The zero-order valence-electron chi connectivity index (χ0n) is 24.6. The van der Waals surface area contributed by atoms with Crippen molar-refractivity contribution in [1.29, 1.82) is 0 Å². The number of esters is 2. The number of ether oxygens (including phenoxy) is 4. The highest BCUT2D eigenvalue weighted by molar-refractivity contribution is 5.84. The molecule has 0 saturated carbocycles. The SMILES string of the molecule is C=CC(=O)Oc1cc(O[C@@H](C)CCCCCC)c2c(c1)=c1cc(OC(=O)C=C)cc(O[C@@H](C)CCCCCC)c1=2. The standard InChI is InChI=1S/C34H44O6/c1-7-11-13-15-17-23(5)37-29-21-25(39-31(35)9-3)19-27-28-20-26(40-32(36)10-4)22-30(34(28)33(27)29)38-24(6)18-16-14-12-8-2/h9-10,19-24H,3-4,7-8,11-18H2,1-2,5-6H3/t23-,24-/m0/s1. The van der Waals surface area contributed by atoms with Crippen molar-refractivity contribution in [2.24, 2.45) is 0 Å². The highest BCUT2D eigenvalue weighted by atomic mass is 16.5. The zero-order valence-corrected chi connectivity index (χ0v) is 24.6. The molecule has 216 valence electrons. The van der Waals surface area contributed by atoms with E-state index in [1.54, 1.807) is 24.3 Å². The molecular formula is C34H44O6. The topological polar surface area (TPSA) is 71.1 Å². The van der Waals surface area contributed by atoms with Gasteiger partial charge in [0.1, 0.15) is 23.0 Å². The fourth-order valence-electron chi connectivity index (χ4n) is 4.95. The minimum absolute atomic E-state index is 0.0231. The summed E-state index contributed by atoms with van der Waals surface area (Å²) in [5.41, 5.74) is 0. The minimum atomic E-state index is -0.548. The fourth-order valence-corrected chi connectivity index (χ4v) is 4.95. The van der Waals surface area contributed by atoms with E-state index in [1.807, 2.05) is 0 Å². The molecule has 2 aromatic rings. The maximum Gasteiger partial charge on any atom is 0.335 e. The first-order chi connectivity index (χ1) is 19.3. The van der Waals surface area contributed by atoms with Gasteiger partial charge >= 0.3 is 11.9 Å². The van der Waals surface area contributed by atoms with E-state index < -0.39 is 11.9 Å². The molecule has 0 aromatic heterocycles. The molecule has 0 unspecified atom stereocenters. The van der Waals surface area contributed by atoms with Crippen LogP contribution in [0.25, 0.3) is 0 Å². The molecule has 6 nitrogen and oxygen atoms in total. The van der Waals surface area contributed by atoms with Crippen LogP contribution in [0.3, 0.4) is 0 Å². The summed E-state index contributed by atoms with van der Waals surface area (Å²) in [4.78, 5) is 24.0. The van der Waals surface area contributed by atoms with Crippen LogP contribution in [0.2, 0.25) is 0 Å². The van der Waals surface area contributed by atoms with Gasteiger partial charge in [0.05, 0.1) is 12.2 Å². The van der Waals surface area contributed by atoms with Gasteiger partial charge in [0.25, 0.3) is 0 Å². The number of hydrogen-bond donors (Lipinski definition) is 0. The molecule has 0 aliphatic heterocycles. The third kappa shape index (κ3) is 8.23. The van der Waals surface area contributed by atoms with Crippen LogP contribution in [-0.4, -0.2) is 24.1 Å². The third-order valence-electron chi connectivity index (χ3n) is 7.05. The predicted octanol–water partition coefficient (Wildman–Crippen LogP) is 8.23. The lowest BCUT2D eigenvalue weighted by molar-refractivity contribution is -0.129. The highest BCUT2D eigenvalue weighted by Crippen LogP contribution is 2.36. The molecule has 2 aromatic carbocycles. The van der Waals surface area contributed by atoms with Crippen LogP contribution in [-0.2, 0) is 9.59 Å². The maximum atomic E-state index is 12.0. The Balaban J connectivity index is 2.08. The van der Waals surface area contributed by atoms with Gasteiger partial charge in [0.2, 0.25) is 0 Å². The second-order valence-corrected chi connectivity index (χ2v) is 10.5. The van der Waals surface area contributed by atoms with Crippen molar-refractivity contribution >= 4 is 11.9 Å². The summed E-state index contributed by atoms with van der Waals surface area (Å²) in [7, 11) is 0. The summed E-state index contributed by atoms with van der Waals surface area (Å²) in [5, 5.41) is 3.50. The lowest BCUT2D eigenvalue weighted by Gasteiger charge is -2.21. The summed E-state index contributed by atoms with van der Waals surface area (Å²) in [5.74, 6) is 0.901. The van der Waals surface area contributed by atoms with Crippen LogP contribution in [0.15, 0.2) is 49.6 Å². The van der Waals surface area contributed by atoms with Crippen LogP contribution >= 0.6 is 0 Å². The second-order valence-electron chi connectivity index (χ2n) is 10.5. The van der Waals surface area contributed by atoms with Crippen LogP contribution in [0.5, 0.6) is 23.0 Å². The summed E-state index contributed by atoms with van der Waals surface area (Å²) in [6, 6.07) is 7.12. The Kier molecular flexibility index (Phi) is 11.9. The van der Waals surface area contributed by atoms with Crippen LogP contribution in [0.4, 0.5) is 0 Å². The molecule has 0 N–H and O–H groups in total. The summed E-state index contributed by atoms with van der Waals surface area (Å²) < 4.78 is 23.9. The van der Waals surface area contributed by atoms with Crippen molar-refractivity contribution in [1.82, 2.24) is 0 Å². The normalized spacial score (nSPS) is 12.7. The van der Waals surface area contributed by atoms with Gasteiger partial charge in [-0.15, -0.1) is 0 Å². The largest absolute Gasteiger partial charge is 0.490 e. The van der Waals surface area contributed by atoms with Gasteiger partial charge in [-0.05, 0) is 62.1 Å². The van der Waals surface area contributed by atoms with Gasteiger partial charge in [-0.2, -0.15) is 0 Å². The maximum absolute atomic E-state index is 12.0. The number of carbonyl (C=O) groups excluding carboxylic acids is 2. The van der Waals surface area contributed by atoms with E-state index in [9.17, 15) is 9.59 Å². The van der Waals surface area contributed by atoms with E-state index in [0.29, 0.717) is 23.0 Å². The van der Waals surface area contributed by atoms with Gasteiger partial charge in [0.15, 0.2) is 0 Å². The van der Waals surface area contributed by atoms with Gasteiger partial charge in [-0.1, -0.05) is 65.5 Å². The van der Waals surface area contributed by atoms with E-state index in [4.69, 9.17) is 18.9 Å². The Bertz CT molecular complexity index is 1290. The molecule has 0 bridgehead atoms. The second kappa shape index (κ2) is 15.3. The van der Waals surface area contributed by atoms with Gasteiger partial charge in [-0.3, -0.25) is 0 Å². The molecule has 0 spiro atoms. The van der Waals surface area contributed by atoms with E-state index in [-0.39, 0.29) is 12.2 Å². The van der Waals surface area contributed by atoms with Crippen molar-refractivity contribution in [2.45, 2.75) is 104 Å². The van der Waals surface area contributed by atoms with E-state index >= 15 is 0 Å². The van der Waals surface area contributed by atoms with Gasteiger partial charge in [0, 0.05) is 34.7 Å². The Morgan fingerprint density at radius 3 is 1.43 bits per heavy atom. The molecule has 1 aliphatic rings. The number of fused-ring (bicyclic) bond motifs is 2. The monoisotopic (exact) mass is 548 g/mol. The molecule has 0 saturated heterocycles. The highest BCUT2D eigenvalue weighted by Gasteiger charge is 2.20. The third-order valence-corrected chi connectivity index (χ3v) is 7.05. The summed E-state index contributed by atoms with van der Waals surface area (Å²) in [6.45, 7) is 15.5. The molecule has 1 aliphatic carbocycles. The molecule has 2 atom stereocenters. The predicted molar refractivity (Wildman–Crippen MR) is 158 cm³/mol. The number of carbonyl (C=O) groups is 2. The van der Waals surface area contributed by atoms with Crippen LogP contribution < -0.4 is 18.9 Å². The Morgan fingerprint density at radius 2 is 1.07 bits per heavy atom. The first-order valence-electron chi connectivity index (χ1n) is 14.7. The average Bonchev–Trinajstić information content (AvgIpc) is 2.92. The average molecular weight is 549 g/mol. The molecule has 6 heteroatoms. The molecule has 0 amide bonds. The quantitative estimate of drug-likeness (QED) is 0.0690. The van der Waals surface area contributed by atoms with E-state index in [0.717, 1.165) is 58.7 Å². The van der Waals surface area contributed by atoms with Crippen LogP contribution in [0.1, 0.15) is 91.9 Å². The van der Waals surface area contributed by atoms with Gasteiger partial charge in [-0.25, -0.2) is 9.59 Å². The smallest absolute Gasteiger partial charge is 0.335 e. The molecular weight excluding hydrogens is 504 g/mol. The first kappa shape index (κ1) is 31.0. The Hall–Kier alpha value is -3.54. The Morgan fingerprint density at radius 1 is 0.675 bits per heavy atom. The number of rotatable bonds is 18. The van der Waals surface area contributed by atoms with Crippen molar-refractivity contribution in [2.75, 3.05) is 0 Å². The molecule has 0 radical (unpaired) electrons. The van der Waals surface area contributed by atoms with E-state index in [1.165, 1.54) is 38.5 Å². The zero-order chi connectivity index (χ0) is 29.1. The van der Waals surface area contributed by atoms with Gasteiger partial charge < -0.3 is 18.9 Å². The number of hydrogen-bond acceptors (Lipinski definition) is 6. The minimum Gasteiger partial charge on any atom is -0.490 e.